The van der Waals surface area contributed by atoms with Crippen molar-refractivity contribution in [3.63, 3.8) is 0 Å². The van der Waals surface area contributed by atoms with Gasteiger partial charge in [0, 0.05) is 34.6 Å². The first kappa shape index (κ1) is 40.5. The van der Waals surface area contributed by atoms with Crippen LogP contribution in [0.4, 0.5) is 5.69 Å². The molecule has 7 aromatic rings. The molecule has 13 heteroatoms. The summed E-state index contributed by atoms with van der Waals surface area (Å²) >= 11 is 6.78. The van der Waals surface area contributed by atoms with Crippen molar-refractivity contribution in [3.05, 3.63) is 171 Å². The van der Waals surface area contributed by atoms with Crippen molar-refractivity contribution < 1.29 is 19.4 Å². The Bertz CT molecular complexity index is 2800. The minimum atomic E-state index is -2.44. The van der Waals surface area contributed by atoms with Gasteiger partial charge in [-0.05, 0) is 71.6 Å². The van der Waals surface area contributed by atoms with Gasteiger partial charge in [0.2, 0.25) is 0 Å². The Balaban J connectivity index is 1.07. The van der Waals surface area contributed by atoms with Crippen LogP contribution in [0.2, 0.25) is 23.7 Å². The summed E-state index contributed by atoms with van der Waals surface area (Å²) in [6.45, 7) is 7.51. The van der Waals surface area contributed by atoms with Crippen LogP contribution in [0.3, 0.4) is 0 Å². The van der Waals surface area contributed by atoms with Gasteiger partial charge in [0.15, 0.2) is 5.60 Å². The lowest BCUT2D eigenvalue weighted by atomic mass is 9.82. The summed E-state index contributed by atoms with van der Waals surface area (Å²) in [6.07, 6.45) is 3.83. The molecule has 11 nitrogen and oxygen atoms in total. The number of benzene rings is 5. The quantitative estimate of drug-likeness (QED) is 0.125. The number of halogens is 1. The zero-order valence-electron chi connectivity index (χ0n) is 34.5. The van der Waals surface area contributed by atoms with Crippen LogP contribution in [-0.2, 0) is 28.2 Å². The van der Waals surface area contributed by atoms with E-state index in [0.29, 0.717) is 34.8 Å². The molecule has 0 saturated carbocycles. The second-order valence-corrected chi connectivity index (χ2v) is 21.8. The lowest BCUT2D eigenvalue weighted by Gasteiger charge is -2.37. The number of aromatic nitrogens is 5. The summed E-state index contributed by atoms with van der Waals surface area (Å²) in [5.74, 6) is 0.0914. The lowest BCUT2D eigenvalue weighted by molar-refractivity contribution is -0.146. The van der Waals surface area contributed by atoms with Crippen molar-refractivity contribution in [1.82, 2.24) is 24.8 Å². The highest BCUT2D eigenvalue weighted by Gasteiger charge is 2.66. The number of aliphatic hydroxyl groups is 1. The topological polar surface area (TPSA) is 125 Å². The summed E-state index contributed by atoms with van der Waals surface area (Å²) in [5.41, 5.74) is 3.04. The molecule has 2 aliphatic rings. The van der Waals surface area contributed by atoms with Gasteiger partial charge in [-0.3, -0.25) is 14.3 Å². The van der Waals surface area contributed by atoms with Crippen LogP contribution in [0.15, 0.2) is 139 Å². The molecule has 2 aliphatic heterocycles. The maximum atomic E-state index is 15.5. The van der Waals surface area contributed by atoms with Crippen molar-refractivity contribution in [2.24, 2.45) is 5.92 Å². The molecule has 61 heavy (non-hydrogen) atoms. The van der Waals surface area contributed by atoms with Crippen LogP contribution >= 0.6 is 11.6 Å². The molecule has 1 amide bonds. The number of methoxy groups -OCH3 is 1. The monoisotopic (exact) mass is 850 g/mol. The normalized spacial score (nSPS) is 20.4. The van der Waals surface area contributed by atoms with Gasteiger partial charge in [-0.15, -0.1) is 5.10 Å². The smallest absolute Gasteiger partial charge is 0.279 e. The third-order valence-corrected chi connectivity index (χ3v) is 17.5. The number of amides is 1. The minimum absolute atomic E-state index is 0.0108. The number of hydrogen-bond acceptors (Lipinski definition) is 8. The number of aryl methyl sites for hydroxylation is 1. The van der Waals surface area contributed by atoms with Crippen LogP contribution < -0.4 is 20.4 Å². The lowest BCUT2D eigenvalue weighted by Crippen LogP contribution is -2.51. The Labute approximate surface area is 360 Å². The molecule has 1 fully saturated rings. The first-order valence-electron chi connectivity index (χ1n) is 20.6. The molecule has 310 valence electrons. The zero-order valence-corrected chi connectivity index (χ0v) is 36.2. The number of aliphatic hydroxyl groups excluding tert-OH is 1. The van der Waals surface area contributed by atoms with Gasteiger partial charge < -0.3 is 19.5 Å². The number of carbonyl (C=O) groups excluding carboxylic acids is 1. The Kier molecular flexibility index (Phi) is 10.7. The number of rotatable bonds is 12. The van der Waals surface area contributed by atoms with Crippen LogP contribution in [0.5, 0.6) is 5.75 Å². The highest BCUT2D eigenvalue weighted by Crippen LogP contribution is 2.60. The van der Waals surface area contributed by atoms with Crippen molar-refractivity contribution in [1.29, 1.82) is 0 Å². The molecule has 1 saturated heterocycles. The Morgan fingerprint density at radius 2 is 1.70 bits per heavy atom. The van der Waals surface area contributed by atoms with Gasteiger partial charge in [0.05, 0.1) is 69.0 Å². The SMILES string of the molecule is COc1ccc([Si](C)(C)[C@H]2[C@H](CCn3cc(C(CO)c4ccccc4)nn3)O[C@@]3(C(=O)N(Cc4cccc(-n5ncc6ccccc6c5=O)c4)c4ccc(Cl)cc43)[C@@H]2C)cc1. The van der Waals surface area contributed by atoms with Crippen molar-refractivity contribution >= 4 is 47.2 Å². The average Bonchev–Trinajstić information content (AvgIpc) is 3.94. The van der Waals surface area contributed by atoms with E-state index in [4.69, 9.17) is 21.1 Å². The molecule has 2 aromatic heterocycles. The molecule has 0 radical (unpaired) electrons. The molecule has 5 atom stereocenters. The molecule has 1 unspecified atom stereocenters. The predicted molar refractivity (Wildman–Crippen MR) is 240 cm³/mol. The number of anilines is 1. The van der Waals surface area contributed by atoms with Gasteiger partial charge >= 0.3 is 0 Å². The minimum Gasteiger partial charge on any atom is -0.497 e. The van der Waals surface area contributed by atoms with Gasteiger partial charge in [0.25, 0.3) is 11.5 Å². The average molecular weight is 851 g/mol. The zero-order chi connectivity index (χ0) is 42.5. The number of fused-ring (bicyclic) bond motifs is 3. The van der Waals surface area contributed by atoms with E-state index < -0.39 is 13.7 Å². The maximum Gasteiger partial charge on any atom is 0.279 e. The van der Waals surface area contributed by atoms with Crippen molar-refractivity contribution in [3.8, 4) is 11.4 Å². The third kappa shape index (κ3) is 7.07. The summed E-state index contributed by atoms with van der Waals surface area (Å²) in [5, 5.41) is 26.9. The van der Waals surface area contributed by atoms with Gasteiger partial charge in [-0.2, -0.15) is 9.78 Å². The summed E-state index contributed by atoms with van der Waals surface area (Å²) in [6, 6.07) is 38.7. The number of nitrogens with zero attached hydrogens (tertiary/aromatic N) is 6. The molecule has 1 N–H and O–H groups in total. The first-order valence-corrected chi connectivity index (χ1v) is 24.1. The Hall–Kier alpha value is -5.92. The molecular formula is C48H47ClN6O5Si. The highest BCUT2D eigenvalue weighted by molar-refractivity contribution is 6.91. The highest BCUT2D eigenvalue weighted by atomic mass is 35.5. The largest absolute Gasteiger partial charge is 0.497 e. The van der Waals surface area contributed by atoms with E-state index in [1.165, 1.54) is 9.87 Å². The molecule has 5 aromatic carbocycles. The van der Waals surface area contributed by atoms with Crippen molar-refractivity contribution in [2.75, 3.05) is 18.6 Å². The fourth-order valence-corrected chi connectivity index (χ4v) is 14.1. The Morgan fingerprint density at radius 1 is 0.934 bits per heavy atom. The van der Waals surface area contributed by atoms with E-state index in [2.05, 4.69) is 47.6 Å². The van der Waals surface area contributed by atoms with E-state index in [1.807, 2.05) is 119 Å². The molecule has 1 spiro atoms. The van der Waals surface area contributed by atoms with Crippen LogP contribution in [-0.4, -0.2) is 63.7 Å². The standard InChI is InChI=1S/C48H47ClN6O5Si/c1-31-45(61(3,4)38-20-18-37(59-2)19-21-38)44(23-24-53-29-42(51-52-53)40(30-56)33-12-6-5-7-13-33)60-48(31)41-26-35(49)17-22-43(41)54(47(48)58)28-32-11-10-15-36(25-32)55-46(57)39-16-9-8-14-34(39)27-50-55/h5-22,25-27,29,31,40,44-45,56H,23-24,28,30H2,1-4H3/t31-,40?,44+,45-,48+/m1/s1. The summed E-state index contributed by atoms with van der Waals surface area (Å²) in [4.78, 5) is 30.8. The van der Waals surface area contributed by atoms with E-state index >= 15 is 4.79 Å². The van der Waals surface area contributed by atoms with E-state index in [1.54, 1.807) is 19.4 Å². The summed E-state index contributed by atoms with van der Waals surface area (Å²) in [7, 11) is -0.769. The third-order valence-electron chi connectivity index (χ3n) is 12.9. The van der Waals surface area contributed by atoms with Crippen LogP contribution in [0, 0.1) is 5.92 Å². The molecule has 0 bridgehead atoms. The van der Waals surface area contributed by atoms with E-state index in [9.17, 15) is 9.90 Å². The Morgan fingerprint density at radius 3 is 2.48 bits per heavy atom. The van der Waals surface area contributed by atoms with E-state index in [0.717, 1.165) is 33.5 Å². The van der Waals surface area contributed by atoms with Crippen LogP contribution in [0.25, 0.3) is 16.5 Å². The second kappa shape index (κ2) is 16.2. The predicted octanol–water partition coefficient (Wildman–Crippen LogP) is 7.62. The second-order valence-electron chi connectivity index (χ2n) is 16.7. The fraction of sp³-hybridized carbons (Fsp3) is 0.271. The molecular weight excluding hydrogens is 804 g/mol. The van der Waals surface area contributed by atoms with E-state index in [-0.39, 0.29) is 48.1 Å². The van der Waals surface area contributed by atoms with Gasteiger partial charge in [-0.1, -0.05) is 115 Å². The summed E-state index contributed by atoms with van der Waals surface area (Å²) < 4.78 is 16.1. The molecule has 4 heterocycles. The fourth-order valence-electron chi connectivity index (χ4n) is 9.85. The molecule has 9 rings (SSSR count). The van der Waals surface area contributed by atoms with Gasteiger partial charge in [0.1, 0.15) is 5.75 Å². The van der Waals surface area contributed by atoms with Crippen LogP contribution in [0.1, 0.15) is 41.6 Å². The molecule has 0 aliphatic carbocycles. The van der Waals surface area contributed by atoms with Gasteiger partial charge in [-0.25, -0.2) is 0 Å². The maximum absolute atomic E-state index is 15.5. The first-order chi connectivity index (χ1) is 29.5. The number of hydrogen-bond donors (Lipinski definition) is 1. The number of carbonyl (C=O) groups is 1. The number of ether oxygens (including phenoxy) is 2. The van der Waals surface area contributed by atoms with Crippen molar-refractivity contribution in [2.45, 2.75) is 62.7 Å².